The molecule has 1 rings (SSSR count). The summed E-state index contributed by atoms with van der Waals surface area (Å²) in [5.74, 6) is 0. The van der Waals surface area contributed by atoms with Crippen LogP contribution < -0.4 is 0 Å². The fourth-order valence-corrected chi connectivity index (χ4v) is 1.52. The second-order valence-electron chi connectivity index (χ2n) is 2.68. The molecule has 15 heavy (non-hydrogen) atoms. The van der Waals surface area contributed by atoms with Crippen molar-refractivity contribution in [1.29, 1.82) is 10.5 Å². The maximum Gasteiger partial charge on any atom is 0.129 e. The van der Waals surface area contributed by atoms with Gasteiger partial charge in [0.2, 0.25) is 0 Å². The molecule has 0 aliphatic carbocycles. The molecule has 0 bridgehead atoms. The average Bonchev–Trinajstić information content (AvgIpc) is 2.27. The Hall–Kier alpha value is -1.59. The lowest BCUT2D eigenvalue weighted by molar-refractivity contribution is 1.46. The van der Waals surface area contributed by atoms with Gasteiger partial charge >= 0.3 is 0 Å². The first-order valence-electron chi connectivity index (χ1n) is 4.21. The lowest BCUT2D eigenvalue weighted by atomic mass is 10.2. The summed E-state index contributed by atoms with van der Waals surface area (Å²) in [6.45, 7) is 0. The summed E-state index contributed by atoms with van der Waals surface area (Å²) in [7, 11) is 0. The standard InChI is InChI=1S/C12H7IN2/c13-12-7-2-1-5-11(12)6-3-4-10(8-14)9-15/h1-7H. The summed E-state index contributed by atoms with van der Waals surface area (Å²) in [4.78, 5) is 0. The molecule has 0 saturated carbocycles. The lowest BCUT2D eigenvalue weighted by Crippen LogP contribution is -1.76. The smallest absolute Gasteiger partial charge is 0.129 e. The summed E-state index contributed by atoms with van der Waals surface area (Å²) < 4.78 is 1.13. The van der Waals surface area contributed by atoms with Gasteiger partial charge in [0.25, 0.3) is 0 Å². The van der Waals surface area contributed by atoms with Gasteiger partial charge in [0.1, 0.15) is 17.7 Å². The number of benzene rings is 1. The van der Waals surface area contributed by atoms with Crippen molar-refractivity contribution < 1.29 is 0 Å². The van der Waals surface area contributed by atoms with Crippen molar-refractivity contribution in [1.82, 2.24) is 0 Å². The van der Waals surface area contributed by atoms with Gasteiger partial charge in [-0.1, -0.05) is 30.4 Å². The van der Waals surface area contributed by atoms with Gasteiger partial charge in [-0.15, -0.1) is 0 Å². The van der Waals surface area contributed by atoms with Crippen molar-refractivity contribution in [2.45, 2.75) is 0 Å². The lowest BCUT2D eigenvalue weighted by Gasteiger charge is -1.94. The normalized spacial score (nSPS) is 9.27. The van der Waals surface area contributed by atoms with Gasteiger partial charge < -0.3 is 0 Å². The van der Waals surface area contributed by atoms with Crippen LogP contribution in [0.2, 0.25) is 0 Å². The zero-order valence-electron chi connectivity index (χ0n) is 7.81. The number of halogens is 1. The summed E-state index contributed by atoms with van der Waals surface area (Å²) >= 11 is 2.23. The highest BCUT2D eigenvalue weighted by Gasteiger charge is 1.91. The Labute approximate surface area is 102 Å². The minimum absolute atomic E-state index is 0.109. The van der Waals surface area contributed by atoms with Crippen molar-refractivity contribution in [2.75, 3.05) is 0 Å². The highest BCUT2D eigenvalue weighted by molar-refractivity contribution is 14.1. The maximum atomic E-state index is 8.50. The third kappa shape index (κ3) is 3.57. The van der Waals surface area contributed by atoms with Crippen molar-refractivity contribution in [3.8, 4) is 12.1 Å². The van der Waals surface area contributed by atoms with Gasteiger partial charge in [0.05, 0.1) is 0 Å². The van der Waals surface area contributed by atoms with Gasteiger partial charge in [0.15, 0.2) is 0 Å². The first-order valence-corrected chi connectivity index (χ1v) is 5.29. The van der Waals surface area contributed by atoms with E-state index in [4.69, 9.17) is 10.5 Å². The predicted octanol–water partition coefficient (Wildman–Crippen LogP) is 3.28. The Morgan fingerprint density at radius 3 is 2.47 bits per heavy atom. The van der Waals surface area contributed by atoms with Crippen molar-refractivity contribution in [3.05, 3.63) is 51.1 Å². The van der Waals surface area contributed by atoms with Crippen LogP contribution in [-0.2, 0) is 0 Å². The largest absolute Gasteiger partial charge is 0.192 e. The SMILES string of the molecule is N#CC(C#N)=CC=Cc1ccccc1I. The van der Waals surface area contributed by atoms with Crippen LogP contribution in [0.4, 0.5) is 0 Å². The summed E-state index contributed by atoms with van der Waals surface area (Å²) in [5.41, 5.74) is 1.18. The molecule has 0 saturated heterocycles. The molecule has 0 atom stereocenters. The molecule has 0 spiro atoms. The van der Waals surface area contributed by atoms with Crippen molar-refractivity contribution in [3.63, 3.8) is 0 Å². The Balaban J connectivity index is 2.86. The molecule has 0 amide bonds. The molecule has 0 heterocycles. The Morgan fingerprint density at radius 2 is 1.87 bits per heavy atom. The number of rotatable bonds is 2. The number of hydrogen-bond donors (Lipinski definition) is 0. The number of hydrogen-bond acceptors (Lipinski definition) is 2. The minimum Gasteiger partial charge on any atom is -0.192 e. The third-order valence-electron chi connectivity index (χ3n) is 1.68. The predicted molar refractivity (Wildman–Crippen MR) is 67.5 cm³/mol. The van der Waals surface area contributed by atoms with Gasteiger partial charge in [0, 0.05) is 3.57 Å². The van der Waals surface area contributed by atoms with Gasteiger partial charge in [-0.2, -0.15) is 10.5 Å². The first-order chi connectivity index (χ1) is 7.27. The summed E-state index contributed by atoms with van der Waals surface area (Å²) in [6, 6.07) is 11.5. The Morgan fingerprint density at radius 1 is 1.20 bits per heavy atom. The quantitative estimate of drug-likeness (QED) is 0.478. The van der Waals surface area contributed by atoms with Crippen LogP contribution in [0.25, 0.3) is 6.08 Å². The Kier molecular flexibility index (Phi) is 4.59. The second kappa shape index (κ2) is 6.00. The maximum absolute atomic E-state index is 8.50. The molecule has 3 heteroatoms. The van der Waals surface area contributed by atoms with Crippen LogP contribution in [0, 0.1) is 26.2 Å². The monoisotopic (exact) mass is 306 g/mol. The van der Waals surface area contributed by atoms with E-state index in [0.717, 1.165) is 9.13 Å². The van der Waals surface area contributed by atoms with Crippen molar-refractivity contribution in [2.24, 2.45) is 0 Å². The molecule has 0 fully saturated rings. The van der Waals surface area contributed by atoms with Gasteiger partial charge in [-0.3, -0.25) is 0 Å². The van der Waals surface area contributed by atoms with Crippen LogP contribution in [0.15, 0.2) is 42.0 Å². The van der Waals surface area contributed by atoms with E-state index < -0.39 is 0 Å². The topological polar surface area (TPSA) is 47.6 Å². The zero-order chi connectivity index (χ0) is 11.1. The van der Waals surface area contributed by atoms with E-state index in [1.807, 2.05) is 30.3 Å². The molecule has 2 nitrogen and oxygen atoms in total. The average molecular weight is 306 g/mol. The van der Waals surface area contributed by atoms with Gasteiger partial charge in [-0.05, 0) is 40.3 Å². The van der Waals surface area contributed by atoms with E-state index in [1.165, 1.54) is 6.08 Å². The van der Waals surface area contributed by atoms with E-state index in [1.54, 1.807) is 18.2 Å². The molecule has 0 aliphatic rings. The molecule has 0 unspecified atom stereocenters. The molecule has 1 aromatic rings. The minimum atomic E-state index is 0.109. The highest BCUT2D eigenvalue weighted by Crippen LogP contribution is 2.12. The van der Waals surface area contributed by atoms with Crippen molar-refractivity contribution >= 4 is 28.7 Å². The van der Waals surface area contributed by atoms with E-state index in [0.29, 0.717) is 0 Å². The van der Waals surface area contributed by atoms with Crippen LogP contribution in [-0.4, -0.2) is 0 Å². The molecular weight excluding hydrogens is 299 g/mol. The zero-order valence-corrected chi connectivity index (χ0v) is 9.97. The first kappa shape index (κ1) is 11.5. The van der Waals surface area contributed by atoms with Crippen LogP contribution in [0.1, 0.15) is 5.56 Å². The molecule has 1 aromatic carbocycles. The van der Waals surface area contributed by atoms with E-state index in [2.05, 4.69) is 22.6 Å². The third-order valence-corrected chi connectivity index (χ3v) is 2.67. The van der Waals surface area contributed by atoms with Crippen LogP contribution in [0.3, 0.4) is 0 Å². The van der Waals surface area contributed by atoms with E-state index >= 15 is 0 Å². The van der Waals surface area contributed by atoms with Gasteiger partial charge in [-0.25, -0.2) is 0 Å². The Bertz CT molecular complexity index is 471. The summed E-state index contributed by atoms with van der Waals surface area (Å²) in [5, 5.41) is 17.0. The molecular formula is C12H7IN2. The number of nitrogens with zero attached hydrogens (tertiary/aromatic N) is 2. The van der Waals surface area contributed by atoms with Crippen LogP contribution >= 0.6 is 22.6 Å². The fourth-order valence-electron chi connectivity index (χ4n) is 0.958. The summed E-state index contributed by atoms with van der Waals surface area (Å²) in [6.07, 6.45) is 5.08. The second-order valence-corrected chi connectivity index (χ2v) is 3.85. The molecule has 0 aliphatic heterocycles. The molecule has 0 aromatic heterocycles. The molecule has 0 radical (unpaired) electrons. The number of nitriles is 2. The highest BCUT2D eigenvalue weighted by atomic mass is 127. The fraction of sp³-hybridized carbons (Fsp3) is 0. The number of allylic oxidation sites excluding steroid dienone is 3. The molecule has 72 valence electrons. The molecule has 0 N–H and O–H groups in total. The van der Waals surface area contributed by atoms with Crippen LogP contribution in [0.5, 0.6) is 0 Å². The van der Waals surface area contributed by atoms with E-state index in [9.17, 15) is 0 Å². The van der Waals surface area contributed by atoms with E-state index in [-0.39, 0.29) is 5.57 Å².